The zero-order valence-corrected chi connectivity index (χ0v) is 53.6. The van der Waals surface area contributed by atoms with Crippen molar-refractivity contribution in [3.63, 3.8) is 0 Å². The van der Waals surface area contributed by atoms with Gasteiger partial charge in [-0.25, -0.2) is 15.0 Å². The van der Waals surface area contributed by atoms with E-state index in [1.54, 1.807) is 0 Å². The molecular formula is C85H78N6O. The number of anilines is 2. The molecule has 14 rings (SSSR count). The number of benzene rings is 10. The largest absolute Gasteiger partial charge is 0.455 e. The van der Waals surface area contributed by atoms with Crippen molar-refractivity contribution >= 4 is 55.1 Å². The van der Waals surface area contributed by atoms with Crippen molar-refractivity contribution < 1.29 is 4.42 Å². The standard InChI is InChI=1S/C85H78N6O/c1-6-10-25-57-47-58(26-11-7-2)50-67(49-57)84-87-83(88-85(89-84)68-51-59(27-12-8-3)48-60(52-68)28-13-9-4)66-39-43-78(91-76-41-37-64(61-29-17-14-18-30-61)53-71(76)72-54-65(38-42-77(72)91)62-31-19-15-20-32-62)73(55-66)74-56-86-46-45-75(74)90(5)79-44-40-70-69-35-23-24-36-80(69)92-82(70)81(79)63-33-21-16-22-34-63/h14-24,29-56H,6-13,25-28H2,1-5H3. The molecule has 4 heterocycles. The number of rotatable bonds is 22. The first-order valence-corrected chi connectivity index (χ1v) is 33.4. The maximum atomic E-state index is 6.88. The quantitative estimate of drug-likeness (QED) is 0.0673. The molecular weight excluding hydrogens is 1120 g/mol. The molecule has 0 bridgehead atoms. The highest BCUT2D eigenvalue weighted by Gasteiger charge is 2.26. The van der Waals surface area contributed by atoms with Gasteiger partial charge in [-0.3, -0.25) is 4.98 Å². The lowest BCUT2D eigenvalue weighted by Gasteiger charge is -2.26. The van der Waals surface area contributed by atoms with E-state index in [-0.39, 0.29) is 0 Å². The number of furan rings is 1. The first kappa shape index (κ1) is 59.4. The lowest BCUT2D eigenvalue weighted by molar-refractivity contribution is 0.670. The minimum Gasteiger partial charge on any atom is -0.455 e. The maximum absolute atomic E-state index is 6.88. The number of aryl methyl sites for hydroxylation is 4. The summed E-state index contributed by atoms with van der Waals surface area (Å²) in [6.45, 7) is 9.09. The van der Waals surface area contributed by atoms with Gasteiger partial charge >= 0.3 is 0 Å². The molecule has 0 aliphatic rings. The highest BCUT2D eigenvalue weighted by Crippen LogP contribution is 2.48. The van der Waals surface area contributed by atoms with Gasteiger partial charge in [0, 0.05) is 74.4 Å². The Labute approximate surface area is 541 Å². The molecule has 0 atom stereocenters. The van der Waals surface area contributed by atoms with E-state index in [4.69, 9.17) is 24.4 Å². The molecule has 10 aromatic carbocycles. The van der Waals surface area contributed by atoms with Crippen molar-refractivity contribution in [3.8, 4) is 84.4 Å². The molecule has 7 nitrogen and oxygen atoms in total. The summed E-state index contributed by atoms with van der Waals surface area (Å²) < 4.78 is 9.35. The Bertz CT molecular complexity index is 4720. The smallest absolute Gasteiger partial charge is 0.164 e. The Hall–Kier alpha value is -10.2. The van der Waals surface area contributed by atoms with Gasteiger partial charge in [0.2, 0.25) is 0 Å². The zero-order chi connectivity index (χ0) is 62.5. The Morgan fingerprint density at radius 1 is 0.370 bits per heavy atom. The third-order valence-electron chi connectivity index (χ3n) is 18.4. The molecule has 4 aromatic heterocycles. The Balaban J connectivity index is 1.03. The van der Waals surface area contributed by atoms with Crippen LogP contribution in [0, 0.1) is 0 Å². The summed E-state index contributed by atoms with van der Waals surface area (Å²) in [4.78, 5) is 24.1. The van der Waals surface area contributed by atoms with Gasteiger partial charge < -0.3 is 13.9 Å². The molecule has 0 aliphatic heterocycles. The number of nitrogens with zero attached hydrogens (tertiary/aromatic N) is 6. The molecule has 0 radical (unpaired) electrons. The highest BCUT2D eigenvalue weighted by molar-refractivity contribution is 6.14. The molecule has 0 fully saturated rings. The highest BCUT2D eigenvalue weighted by atomic mass is 16.3. The number of hydrogen-bond donors (Lipinski definition) is 0. The van der Waals surface area contributed by atoms with Crippen LogP contribution in [0.15, 0.2) is 241 Å². The van der Waals surface area contributed by atoms with Crippen molar-refractivity contribution in [3.05, 3.63) is 259 Å². The van der Waals surface area contributed by atoms with Gasteiger partial charge in [-0.1, -0.05) is 187 Å². The average Bonchev–Trinajstić information content (AvgIpc) is 1.55. The van der Waals surface area contributed by atoms with Crippen LogP contribution in [0.1, 0.15) is 101 Å². The van der Waals surface area contributed by atoms with Crippen LogP contribution in [-0.2, 0) is 25.7 Å². The predicted molar refractivity (Wildman–Crippen MR) is 386 cm³/mol. The normalized spacial score (nSPS) is 11.6. The molecule has 7 heteroatoms. The Morgan fingerprint density at radius 2 is 0.848 bits per heavy atom. The van der Waals surface area contributed by atoms with Gasteiger partial charge in [-0.15, -0.1) is 0 Å². The van der Waals surface area contributed by atoms with Gasteiger partial charge in [0.15, 0.2) is 17.5 Å². The summed E-state index contributed by atoms with van der Waals surface area (Å²) >= 11 is 0. The molecule has 0 spiro atoms. The third kappa shape index (κ3) is 11.9. The van der Waals surface area contributed by atoms with E-state index in [1.807, 2.05) is 18.5 Å². The lowest BCUT2D eigenvalue weighted by Crippen LogP contribution is -2.13. The summed E-state index contributed by atoms with van der Waals surface area (Å²) in [6, 6.07) is 82.0. The molecule has 454 valence electrons. The third-order valence-corrected chi connectivity index (χ3v) is 18.4. The van der Waals surface area contributed by atoms with E-state index in [0.717, 1.165) is 188 Å². The van der Waals surface area contributed by atoms with Crippen molar-refractivity contribution in [2.24, 2.45) is 0 Å². The van der Waals surface area contributed by atoms with Crippen LogP contribution < -0.4 is 4.90 Å². The van der Waals surface area contributed by atoms with Gasteiger partial charge in [-0.2, -0.15) is 0 Å². The summed E-state index contributed by atoms with van der Waals surface area (Å²) in [7, 11) is 2.17. The van der Waals surface area contributed by atoms with Gasteiger partial charge in [0.25, 0.3) is 0 Å². The van der Waals surface area contributed by atoms with Crippen LogP contribution >= 0.6 is 0 Å². The minimum atomic E-state index is 0.615. The van der Waals surface area contributed by atoms with E-state index >= 15 is 0 Å². The van der Waals surface area contributed by atoms with Crippen LogP contribution in [0.2, 0.25) is 0 Å². The molecule has 14 aromatic rings. The summed E-state index contributed by atoms with van der Waals surface area (Å²) in [5.74, 6) is 1.98. The summed E-state index contributed by atoms with van der Waals surface area (Å²) in [5, 5.41) is 4.49. The minimum absolute atomic E-state index is 0.615. The van der Waals surface area contributed by atoms with Crippen LogP contribution in [0.3, 0.4) is 0 Å². The van der Waals surface area contributed by atoms with E-state index in [0.29, 0.717) is 17.5 Å². The number of aromatic nitrogens is 5. The average molecular weight is 1200 g/mol. The number of para-hydroxylation sites is 1. The van der Waals surface area contributed by atoms with Gasteiger partial charge in [-0.05, 0) is 192 Å². The lowest BCUT2D eigenvalue weighted by atomic mass is 9.96. The van der Waals surface area contributed by atoms with Crippen LogP contribution in [0.25, 0.3) is 128 Å². The van der Waals surface area contributed by atoms with E-state index in [2.05, 4.69) is 263 Å². The first-order chi connectivity index (χ1) is 45.3. The first-order valence-electron chi connectivity index (χ1n) is 33.4. The number of pyridine rings is 1. The van der Waals surface area contributed by atoms with Crippen LogP contribution in [-0.4, -0.2) is 31.6 Å². The number of fused-ring (bicyclic) bond motifs is 6. The number of unbranched alkanes of at least 4 members (excludes halogenated alkanes) is 4. The Kier molecular flexibility index (Phi) is 17.2. The Morgan fingerprint density at radius 3 is 1.37 bits per heavy atom. The maximum Gasteiger partial charge on any atom is 0.164 e. The van der Waals surface area contributed by atoms with Gasteiger partial charge in [0.1, 0.15) is 11.2 Å². The second kappa shape index (κ2) is 26.7. The van der Waals surface area contributed by atoms with E-state index < -0.39 is 0 Å². The topological polar surface area (TPSA) is 72.9 Å². The second-order valence-electron chi connectivity index (χ2n) is 24.8. The molecule has 0 unspecified atom stereocenters. The zero-order valence-electron chi connectivity index (χ0n) is 53.6. The fraction of sp³-hybridized carbons (Fsp3) is 0.200. The van der Waals surface area contributed by atoms with Crippen LogP contribution in [0.5, 0.6) is 0 Å². The monoisotopic (exact) mass is 1200 g/mol. The van der Waals surface area contributed by atoms with Crippen molar-refractivity contribution in [1.29, 1.82) is 0 Å². The predicted octanol–water partition coefficient (Wildman–Crippen LogP) is 23.1. The van der Waals surface area contributed by atoms with Crippen molar-refractivity contribution in [1.82, 2.24) is 24.5 Å². The molecule has 0 aliphatic carbocycles. The second-order valence-corrected chi connectivity index (χ2v) is 24.8. The van der Waals surface area contributed by atoms with E-state index in [1.165, 1.54) is 33.4 Å². The van der Waals surface area contributed by atoms with Crippen molar-refractivity contribution in [2.75, 3.05) is 11.9 Å². The molecule has 0 N–H and O–H groups in total. The van der Waals surface area contributed by atoms with Crippen LogP contribution in [0.4, 0.5) is 11.4 Å². The fourth-order valence-corrected chi connectivity index (χ4v) is 13.6. The van der Waals surface area contributed by atoms with Gasteiger partial charge in [0.05, 0.1) is 28.1 Å². The fourth-order valence-electron chi connectivity index (χ4n) is 13.6. The summed E-state index contributed by atoms with van der Waals surface area (Å²) in [6.07, 6.45) is 16.9. The molecule has 0 amide bonds. The van der Waals surface area contributed by atoms with E-state index in [9.17, 15) is 0 Å². The SMILES string of the molecule is CCCCc1cc(CCCC)cc(-c2nc(-c3cc(CCCC)cc(CCCC)c3)nc(-c3ccc(-n4c5ccc(-c6ccccc6)cc5c5cc(-c6ccccc6)ccc54)c(-c4cnccc4N(C)c4ccc5c(oc6ccccc65)c4-c4ccccc4)c3)n2)c1. The molecule has 92 heavy (non-hydrogen) atoms. The number of hydrogen-bond acceptors (Lipinski definition) is 6. The molecule has 0 saturated heterocycles. The summed E-state index contributed by atoms with van der Waals surface area (Å²) in [5.41, 5.74) is 23.7. The van der Waals surface area contributed by atoms with Crippen molar-refractivity contribution in [2.45, 2.75) is 105 Å². The molecule has 0 saturated carbocycles.